The van der Waals surface area contributed by atoms with Crippen LogP contribution in [-0.4, -0.2) is 52.3 Å². The first-order valence-electron chi connectivity index (χ1n) is 8.95. The van der Waals surface area contributed by atoms with Crippen LogP contribution < -0.4 is 4.90 Å². The average Bonchev–Trinajstić information content (AvgIpc) is 3.00. The summed E-state index contributed by atoms with van der Waals surface area (Å²) in [6.45, 7) is 4.29. The zero-order chi connectivity index (χ0) is 19.6. The predicted octanol–water partition coefficient (Wildman–Crippen LogP) is 2.64. The van der Waals surface area contributed by atoms with Gasteiger partial charge in [0.1, 0.15) is 11.9 Å². The van der Waals surface area contributed by atoms with Crippen LogP contribution in [0.15, 0.2) is 18.3 Å². The van der Waals surface area contributed by atoms with Crippen molar-refractivity contribution in [3.05, 3.63) is 40.3 Å². The van der Waals surface area contributed by atoms with Crippen molar-refractivity contribution >= 4 is 23.3 Å². The van der Waals surface area contributed by atoms with Crippen LogP contribution in [-0.2, 0) is 7.05 Å². The number of hydrogen-bond donors (Lipinski definition) is 0. The van der Waals surface area contributed by atoms with E-state index in [4.69, 9.17) is 16.9 Å². The molecule has 2 aromatic heterocycles. The molecule has 0 atom stereocenters. The number of piperidine rings is 1. The van der Waals surface area contributed by atoms with Crippen LogP contribution in [0, 0.1) is 24.2 Å². The van der Waals surface area contributed by atoms with E-state index in [1.165, 1.54) is 0 Å². The molecule has 0 saturated carbocycles. The number of carbonyl (C=O) groups is 1. The van der Waals surface area contributed by atoms with Gasteiger partial charge < -0.3 is 9.80 Å². The number of anilines is 1. The fourth-order valence-electron chi connectivity index (χ4n) is 3.38. The Balaban J connectivity index is 1.56. The van der Waals surface area contributed by atoms with Gasteiger partial charge in [0.25, 0.3) is 5.91 Å². The maximum Gasteiger partial charge on any atom is 0.274 e. The molecule has 3 heterocycles. The summed E-state index contributed by atoms with van der Waals surface area (Å²) in [5, 5.41) is 13.7. The molecule has 8 heteroatoms. The van der Waals surface area contributed by atoms with Gasteiger partial charge in [0, 0.05) is 45.6 Å². The predicted molar refractivity (Wildman–Crippen MR) is 104 cm³/mol. The van der Waals surface area contributed by atoms with Gasteiger partial charge in [-0.05, 0) is 37.8 Å². The van der Waals surface area contributed by atoms with Crippen molar-refractivity contribution in [2.45, 2.75) is 19.8 Å². The van der Waals surface area contributed by atoms with Gasteiger partial charge in [-0.3, -0.25) is 9.48 Å². The molecule has 1 fully saturated rings. The molecule has 3 rings (SSSR count). The maximum absolute atomic E-state index is 12.6. The van der Waals surface area contributed by atoms with Crippen molar-refractivity contribution in [1.82, 2.24) is 19.7 Å². The highest BCUT2D eigenvalue weighted by Crippen LogP contribution is 2.28. The smallest absolute Gasteiger partial charge is 0.274 e. The van der Waals surface area contributed by atoms with Gasteiger partial charge in [0.2, 0.25) is 0 Å². The number of carbonyl (C=O) groups excluding carboxylic acids is 1. The van der Waals surface area contributed by atoms with Gasteiger partial charge >= 0.3 is 0 Å². The number of nitriles is 1. The molecule has 0 aromatic carbocycles. The van der Waals surface area contributed by atoms with E-state index in [0.717, 1.165) is 37.4 Å². The van der Waals surface area contributed by atoms with E-state index in [1.54, 1.807) is 21.8 Å². The van der Waals surface area contributed by atoms with Gasteiger partial charge in [0.15, 0.2) is 5.69 Å². The summed E-state index contributed by atoms with van der Waals surface area (Å²) in [5.41, 5.74) is 1.92. The first-order valence-corrected chi connectivity index (χ1v) is 9.33. The zero-order valence-electron chi connectivity index (χ0n) is 15.8. The molecule has 27 heavy (non-hydrogen) atoms. The van der Waals surface area contributed by atoms with E-state index in [0.29, 0.717) is 28.7 Å². The molecule has 0 bridgehead atoms. The monoisotopic (exact) mass is 386 g/mol. The summed E-state index contributed by atoms with van der Waals surface area (Å²) < 4.78 is 1.72. The number of hydrogen-bond acceptors (Lipinski definition) is 5. The lowest BCUT2D eigenvalue weighted by molar-refractivity contribution is 0.0758. The highest BCUT2D eigenvalue weighted by Gasteiger charge is 2.25. The standard InChI is InChI=1S/C19H23ClN6O/c1-13-8-17(23-25(13)3)19(27)24(2)12-14-4-6-26(7-5-14)18-16(20)9-15(10-21)11-22-18/h8-9,11,14H,4-7,12H2,1-3H3. The number of amides is 1. The second-order valence-electron chi connectivity index (χ2n) is 7.05. The maximum atomic E-state index is 12.6. The minimum absolute atomic E-state index is 0.0436. The molecule has 1 amide bonds. The molecular weight excluding hydrogens is 364 g/mol. The Morgan fingerprint density at radius 2 is 2.11 bits per heavy atom. The first kappa shape index (κ1) is 19.2. The SMILES string of the molecule is Cc1cc(C(=O)N(C)CC2CCN(c3ncc(C#N)cc3Cl)CC2)nn1C. The van der Waals surface area contributed by atoms with Crippen molar-refractivity contribution in [2.24, 2.45) is 13.0 Å². The van der Waals surface area contributed by atoms with E-state index in [2.05, 4.69) is 15.0 Å². The molecule has 0 aliphatic carbocycles. The molecule has 1 saturated heterocycles. The minimum Gasteiger partial charge on any atom is -0.355 e. The van der Waals surface area contributed by atoms with Crippen LogP contribution in [0.4, 0.5) is 5.82 Å². The van der Waals surface area contributed by atoms with Crippen molar-refractivity contribution in [1.29, 1.82) is 5.26 Å². The van der Waals surface area contributed by atoms with Crippen LogP contribution in [0.5, 0.6) is 0 Å². The highest BCUT2D eigenvalue weighted by atomic mass is 35.5. The average molecular weight is 387 g/mol. The molecule has 142 valence electrons. The Morgan fingerprint density at radius 3 is 2.67 bits per heavy atom. The molecule has 0 unspecified atom stereocenters. The van der Waals surface area contributed by atoms with Gasteiger partial charge in [-0.15, -0.1) is 0 Å². The fraction of sp³-hybridized carbons (Fsp3) is 0.474. The Morgan fingerprint density at radius 1 is 1.41 bits per heavy atom. The molecule has 1 aliphatic heterocycles. The lowest BCUT2D eigenvalue weighted by Gasteiger charge is -2.34. The number of halogens is 1. The van der Waals surface area contributed by atoms with Crippen LogP contribution in [0.2, 0.25) is 5.02 Å². The van der Waals surface area contributed by atoms with Gasteiger partial charge in [-0.2, -0.15) is 10.4 Å². The van der Waals surface area contributed by atoms with Crippen molar-refractivity contribution in [2.75, 3.05) is 31.6 Å². The van der Waals surface area contributed by atoms with Crippen molar-refractivity contribution in [3.63, 3.8) is 0 Å². The first-order chi connectivity index (χ1) is 12.9. The van der Waals surface area contributed by atoms with Crippen molar-refractivity contribution in [3.8, 4) is 6.07 Å². The molecule has 0 radical (unpaired) electrons. The van der Waals surface area contributed by atoms with Gasteiger partial charge in [-0.1, -0.05) is 11.6 Å². The molecule has 0 N–H and O–H groups in total. The Kier molecular flexibility index (Phi) is 5.66. The highest BCUT2D eigenvalue weighted by molar-refractivity contribution is 6.33. The van der Waals surface area contributed by atoms with E-state index in [-0.39, 0.29) is 5.91 Å². The summed E-state index contributed by atoms with van der Waals surface area (Å²) >= 11 is 6.27. The molecule has 0 spiro atoms. The molecule has 1 aliphatic rings. The fourth-order valence-corrected chi connectivity index (χ4v) is 3.67. The third kappa shape index (κ3) is 4.22. The second kappa shape index (κ2) is 7.97. The summed E-state index contributed by atoms with van der Waals surface area (Å²) in [4.78, 5) is 20.8. The second-order valence-corrected chi connectivity index (χ2v) is 7.46. The Hall–Kier alpha value is -2.59. The van der Waals surface area contributed by atoms with Crippen LogP contribution in [0.3, 0.4) is 0 Å². The molecular formula is C19H23ClN6O. The van der Waals surface area contributed by atoms with Gasteiger partial charge in [0.05, 0.1) is 10.6 Å². The molecule has 2 aromatic rings. The minimum atomic E-state index is -0.0436. The summed E-state index contributed by atoms with van der Waals surface area (Å²) in [7, 11) is 3.67. The number of nitrogens with zero attached hydrogens (tertiary/aromatic N) is 6. The number of aryl methyl sites for hydroxylation is 2. The molecule has 7 nitrogen and oxygen atoms in total. The number of aromatic nitrogens is 3. The largest absolute Gasteiger partial charge is 0.355 e. The third-order valence-corrected chi connectivity index (χ3v) is 5.35. The number of rotatable bonds is 4. The van der Waals surface area contributed by atoms with E-state index >= 15 is 0 Å². The topological polar surface area (TPSA) is 78.1 Å². The third-order valence-electron chi connectivity index (χ3n) is 5.08. The zero-order valence-corrected chi connectivity index (χ0v) is 16.6. The Bertz CT molecular complexity index is 859. The summed E-state index contributed by atoms with van der Waals surface area (Å²) in [6.07, 6.45) is 3.46. The van der Waals surface area contributed by atoms with Crippen LogP contribution in [0.1, 0.15) is 34.6 Å². The van der Waals surface area contributed by atoms with E-state index in [9.17, 15) is 4.79 Å². The lowest BCUT2D eigenvalue weighted by atomic mass is 9.96. The van der Waals surface area contributed by atoms with Crippen molar-refractivity contribution < 1.29 is 4.79 Å². The quantitative estimate of drug-likeness (QED) is 0.807. The van der Waals surface area contributed by atoms with Crippen LogP contribution >= 0.6 is 11.6 Å². The summed E-state index contributed by atoms with van der Waals surface area (Å²) in [6, 6.07) is 5.52. The van der Waals surface area contributed by atoms with Gasteiger partial charge in [-0.25, -0.2) is 4.98 Å². The van der Waals surface area contributed by atoms with E-state index in [1.807, 2.05) is 33.2 Å². The Labute approximate surface area is 164 Å². The number of pyridine rings is 1. The van der Waals surface area contributed by atoms with Crippen LogP contribution in [0.25, 0.3) is 0 Å². The lowest BCUT2D eigenvalue weighted by Crippen LogP contribution is -2.40. The normalized spacial score (nSPS) is 14.9. The summed E-state index contributed by atoms with van der Waals surface area (Å²) in [5.74, 6) is 1.11. The van der Waals surface area contributed by atoms with E-state index < -0.39 is 0 Å².